The van der Waals surface area contributed by atoms with Crippen LogP contribution in [0.5, 0.6) is 0 Å². The molecule has 4 heterocycles. The summed E-state index contributed by atoms with van der Waals surface area (Å²) in [5.74, 6) is -2.10. The van der Waals surface area contributed by atoms with Crippen molar-refractivity contribution in [1.82, 2.24) is 9.80 Å². The molecule has 0 aromatic heterocycles. The molecule has 0 bridgehead atoms. The summed E-state index contributed by atoms with van der Waals surface area (Å²) < 4.78 is 4.51. The molecule has 2 saturated heterocycles. The number of carbonyl (C=O) groups excluding carboxylic acids is 3. The highest BCUT2D eigenvalue weighted by Crippen LogP contribution is 2.61. The predicted molar refractivity (Wildman–Crippen MR) is 127 cm³/mol. The minimum absolute atomic E-state index is 0.00739. The van der Waals surface area contributed by atoms with E-state index in [4.69, 9.17) is 4.74 Å². The van der Waals surface area contributed by atoms with Gasteiger partial charge in [-0.1, -0.05) is 45.1 Å². The molecule has 4 aliphatic rings. The van der Waals surface area contributed by atoms with Crippen molar-refractivity contribution < 1.29 is 24.2 Å². The Hall–Kier alpha value is -1.80. The van der Waals surface area contributed by atoms with Crippen LogP contribution in [-0.4, -0.2) is 80.1 Å². The first-order chi connectivity index (χ1) is 15.3. The van der Waals surface area contributed by atoms with E-state index in [1.807, 2.05) is 29.2 Å². The number of aliphatic hydroxyl groups excluding tert-OH is 1. The molecule has 1 N–H and O–H groups in total. The molecule has 6 atom stereocenters. The smallest absolute Gasteiger partial charge is 0.311 e. The molecule has 1 unspecified atom stereocenters. The zero-order valence-corrected chi connectivity index (χ0v) is 21.2. The number of nitrogens with zero attached hydrogens (tertiary/aromatic N) is 2. The van der Waals surface area contributed by atoms with Crippen molar-refractivity contribution in [3.05, 3.63) is 24.3 Å². The number of hydrogen-bond acceptors (Lipinski definition) is 6. The molecule has 8 heteroatoms. The van der Waals surface area contributed by atoms with Crippen molar-refractivity contribution >= 4 is 29.5 Å². The molecule has 2 amide bonds. The number of carbonyl (C=O) groups is 3. The predicted octanol–water partition coefficient (Wildman–Crippen LogP) is 2.39. The van der Waals surface area contributed by atoms with Crippen LogP contribution in [0.15, 0.2) is 24.3 Å². The van der Waals surface area contributed by atoms with E-state index in [1.54, 1.807) is 11.8 Å². The van der Waals surface area contributed by atoms with Crippen molar-refractivity contribution in [2.75, 3.05) is 19.8 Å². The second kappa shape index (κ2) is 8.15. The number of esters is 1. The van der Waals surface area contributed by atoms with Crippen LogP contribution in [0.2, 0.25) is 0 Å². The molecule has 4 aliphatic heterocycles. The maximum Gasteiger partial charge on any atom is 0.311 e. The third-order valence-corrected chi connectivity index (χ3v) is 9.03. The summed E-state index contributed by atoms with van der Waals surface area (Å²) in [6, 6.07) is -1.32. The molecule has 0 aliphatic carbocycles. The molecule has 2 fully saturated rings. The average molecular weight is 477 g/mol. The number of amides is 2. The maximum absolute atomic E-state index is 14.3. The summed E-state index contributed by atoms with van der Waals surface area (Å²) in [6.45, 7) is 12.8. The number of cyclic esters (lactones) is 1. The number of thioether (sulfide) groups is 1. The van der Waals surface area contributed by atoms with Gasteiger partial charge in [0.2, 0.25) is 11.8 Å². The lowest BCUT2D eigenvalue weighted by Gasteiger charge is -2.45. The second-order valence-corrected chi connectivity index (χ2v) is 13.1. The Kier molecular flexibility index (Phi) is 6.01. The third-order valence-electron chi connectivity index (χ3n) is 7.28. The molecular weight excluding hydrogens is 440 g/mol. The van der Waals surface area contributed by atoms with Gasteiger partial charge < -0.3 is 19.6 Å². The number of hydrogen-bond donors (Lipinski definition) is 1. The van der Waals surface area contributed by atoms with Gasteiger partial charge >= 0.3 is 5.97 Å². The van der Waals surface area contributed by atoms with Crippen LogP contribution in [0.25, 0.3) is 0 Å². The summed E-state index contributed by atoms with van der Waals surface area (Å²) >= 11 is 1.53. The van der Waals surface area contributed by atoms with Crippen molar-refractivity contribution in [2.45, 2.75) is 75.6 Å². The van der Waals surface area contributed by atoms with E-state index < -0.39 is 34.2 Å². The molecule has 7 nitrogen and oxygen atoms in total. The fraction of sp³-hybridized carbons (Fsp3) is 0.720. The molecule has 0 radical (unpaired) electrons. The molecule has 33 heavy (non-hydrogen) atoms. The summed E-state index contributed by atoms with van der Waals surface area (Å²) in [5.41, 5.74) is -0.430. The maximum atomic E-state index is 14.3. The molecule has 0 aromatic rings. The Morgan fingerprint density at radius 3 is 2.52 bits per heavy atom. The molecule has 182 valence electrons. The monoisotopic (exact) mass is 476 g/mol. The number of aliphatic hydroxyl groups is 1. The average Bonchev–Trinajstić information content (AvgIpc) is 3.00. The highest BCUT2D eigenvalue weighted by atomic mass is 32.2. The SMILES string of the molecule is C[C@H](CO)N1C(=O)[C@@H]2[C@@H]3C(=O)OCC=C[C@@H]3S[C@@]23C=CCN(C(C)(C)CC(C)(C)C)C(=O)C13. The van der Waals surface area contributed by atoms with Crippen LogP contribution in [0.3, 0.4) is 0 Å². The molecule has 0 aromatic carbocycles. The molecule has 0 saturated carbocycles. The van der Waals surface area contributed by atoms with Gasteiger partial charge in [-0.05, 0) is 32.6 Å². The minimum Gasteiger partial charge on any atom is -0.461 e. The Morgan fingerprint density at radius 2 is 1.88 bits per heavy atom. The Labute approximate surface area is 200 Å². The normalized spacial score (nSPS) is 35.1. The number of likely N-dealkylation sites (tertiary alicyclic amines) is 1. The largest absolute Gasteiger partial charge is 0.461 e. The van der Waals surface area contributed by atoms with Gasteiger partial charge in [-0.25, -0.2) is 0 Å². The van der Waals surface area contributed by atoms with Crippen molar-refractivity contribution in [1.29, 1.82) is 0 Å². The van der Waals surface area contributed by atoms with Gasteiger partial charge in [-0.3, -0.25) is 14.4 Å². The summed E-state index contributed by atoms with van der Waals surface area (Å²) in [6.07, 6.45) is 8.54. The molecular formula is C25H36N2O5S. The van der Waals surface area contributed by atoms with Gasteiger partial charge in [0.15, 0.2) is 0 Å². The number of rotatable bonds is 4. The Balaban J connectivity index is 1.83. The topological polar surface area (TPSA) is 87.2 Å². The minimum atomic E-state index is -0.875. The second-order valence-electron chi connectivity index (χ2n) is 11.6. The Bertz CT molecular complexity index is 907. The van der Waals surface area contributed by atoms with Crippen molar-refractivity contribution in [2.24, 2.45) is 17.3 Å². The lowest BCUT2D eigenvalue weighted by Crippen LogP contribution is -2.60. The first-order valence-corrected chi connectivity index (χ1v) is 12.7. The third kappa shape index (κ3) is 3.83. The van der Waals surface area contributed by atoms with Crippen molar-refractivity contribution in [3.8, 4) is 0 Å². The van der Waals surface area contributed by atoms with Crippen LogP contribution in [0.4, 0.5) is 0 Å². The van der Waals surface area contributed by atoms with Crippen LogP contribution in [0, 0.1) is 17.3 Å². The van der Waals surface area contributed by atoms with Crippen LogP contribution in [0.1, 0.15) is 48.0 Å². The summed E-state index contributed by atoms with van der Waals surface area (Å²) in [4.78, 5) is 44.5. The first-order valence-electron chi connectivity index (χ1n) is 11.8. The van der Waals surface area contributed by atoms with Crippen LogP contribution < -0.4 is 0 Å². The van der Waals surface area contributed by atoms with E-state index in [1.165, 1.54) is 11.8 Å². The van der Waals surface area contributed by atoms with E-state index >= 15 is 0 Å². The lowest BCUT2D eigenvalue weighted by atomic mass is 9.78. The van der Waals surface area contributed by atoms with Crippen LogP contribution >= 0.6 is 11.8 Å². The number of fused-ring (bicyclic) bond motifs is 2. The highest BCUT2D eigenvalue weighted by Gasteiger charge is 2.72. The van der Waals surface area contributed by atoms with Gasteiger partial charge in [-0.15, -0.1) is 11.8 Å². The van der Waals surface area contributed by atoms with Gasteiger partial charge in [-0.2, -0.15) is 0 Å². The van der Waals surface area contributed by atoms with E-state index in [-0.39, 0.29) is 41.7 Å². The fourth-order valence-corrected chi connectivity index (χ4v) is 8.40. The first kappa shape index (κ1) is 24.3. The van der Waals surface area contributed by atoms with Gasteiger partial charge in [0.05, 0.1) is 29.2 Å². The summed E-state index contributed by atoms with van der Waals surface area (Å²) in [7, 11) is 0. The zero-order valence-electron chi connectivity index (χ0n) is 20.4. The molecule has 4 rings (SSSR count). The van der Waals surface area contributed by atoms with Crippen LogP contribution in [-0.2, 0) is 19.1 Å². The Morgan fingerprint density at radius 1 is 1.18 bits per heavy atom. The molecule has 1 spiro atoms. The summed E-state index contributed by atoms with van der Waals surface area (Å²) in [5, 5.41) is 9.76. The lowest BCUT2D eigenvalue weighted by molar-refractivity contribution is -0.152. The quantitative estimate of drug-likeness (QED) is 0.495. The van der Waals surface area contributed by atoms with Gasteiger partial charge in [0.1, 0.15) is 12.6 Å². The van der Waals surface area contributed by atoms with E-state index in [2.05, 4.69) is 34.6 Å². The zero-order chi connectivity index (χ0) is 24.3. The van der Waals surface area contributed by atoms with E-state index in [9.17, 15) is 19.5 Å². The van der Waals surface area contributed by atoms with Gasteiger partial charge in [0, 0.05) is 17.3 Å². The van der Waals surface area contributed by atoms with Gasteiger partial charge in [0.25, 0.3) is 0 Å². The fourth-order valence-electron chi connectivity index (χ4n) is 6.41. The standard InChI is InChI=1S/C25H36N2O5S/c1-15(13-28)27-19-21(30)26(24(5,6)14-23(2,3)4)11-8-10-25(19)18(20(27)29)17-16(33-25)9-7-12-32-22(17)31/h7-10,15-19,28H,11-14H2,1-6H3/t15-,16+,17-,18+,19?,25+/m1/s1. The van der Waals surface area contributed by atoms with E-state index in [0.717, 1.165) is 6.42 Å². The number of ether oxygens (including phenoxy) is 1. The highest BCUT2D eigenvalue weighted by molar-refractivity contribution is 8.02. The van der Waals surface area contributed by atoms with E-state index in [0.29, 0.717) is 6.54 Å². The van der Waals surface area contributed by atoms with Crippen molar-refractivity contribution in [3.63, 3.8) is 0 Å².